The van der Waals surface area contributed by atoms with Crippen LogP contribution in [0.3, 0.4) is 0 Å². The maximum absolute atomic E-state index is 13.7. The van der Waals surface area contributed by atoms with Crippen LogP contribution >= 0.6 is 15.9 Å². The smallest absolute Gasteiger partial charge is 0.358 e. The van der Waals surface area contributed by atoms with E-state index in [0.717, 1.165) is 15.7 Å². The molecule has 2 aromatic carbocycles. The van der Waals surface area contributed by atoms with Gasteiger partial charge in [-0.3, -0.25) is 9.59 Å². The first-order valence-corrected chi connectivity index (χ1v) is 14.6. The summed E-state index contributed by atoms with van der Waals surface area (Å²) < 4.78 is 13.6. The molecule has 5 atom stereocenters. The van der Waals surface area contributed by atoms with Crippen LogP contribution in [-0.4, -0.2) is 51.4 Å². The number of nitrogens with zero attached hydrogens (tertiary/aromatic N) is 1. The number of fused-ring (bicyclic) bond motifs is 4. The molecular weight excluding hydrogens is 608 g/mol. The zero-order valence-corrected chi connectivity index (χ0v) is 25.0. The van der Waals surface area contributed by atoms with Gasteiger partial charge in [0.1, 0.15) is 29.4 Å². The lowest BCUT2D eigenvalue weighted by molar-refractivity contribution is -0.135. The molecule has 3 aliphatic heterocycles. The normalized spacial score (nSPS) is 24.5. The van der Waals surface area contributed by atoms with Crippen molar-refractivity contribution in [2.24, 2.45) is 11.8 Å². The molecule has 1 spiro atoms. The minimum atomic E-state index is -1.30. The fraction of sp³-hybridized carbons (Fsp3) is 0.400. The second-order valence-corrected chi connectivity index (χ2v) is 12.5. The first kappa shape index (κ1) is 28.2. The van der Waals surface area contributed by atoms with Gasteiger partial charge in [0.25, 0.3) is 0 Å². The van der Waals surface area contributed by atoms with E-state index < -0.39 is 47.6 Å². The van der Waals surface area contributed by atoms with Gasteiger partial charge in [0.05, 0.1) is 5.69 Å². The molecule has 3 aromatic rings. The van der Waals surface area contributed by atoms with E-state index in [0.29, 0.717) is 16.9 Å². The Kier molecular flexibility index (Phi) is 6.81. The summed E-state index contributed by atoms with van der Waals surface area (Å²) in [5, 5.41) is 29.8. The van der Waals surface area contributed by atoms with E-state index in [9.17, 15) is 24.6 Å². The third-order valence-electron chi connectivity index (χ3n) is 8.23. The summed E-state index contributed by atoms with van der Waals surface area (Å²) in [6.45, 7) is 7.12. The number of carbonyl (C=O) groups excluding carboxylic acids is 2. The van der Waals surface area contributed by atoms with Crippen molar-refractivity contribution in [2.75, 3.05) is 5.32 Å². The third-order valence-corrected chi connectivity index (χ3v) is 8.89. The monoisotopic (exact) mass is 638 g/mol. The largest absolute Gasteiger partial charge is 0.476 e. The highest BCUT2D eigenvalue weighted by Gasteiger charge is 2.61. The summed E-state index contributed by atoms with van der Waals surface area (Å²) in [5.41, 5.74) is 1.32. The van der Waals surface area contributed by atoms with Gasteiger partial charge in [0.2, 0.25) is 17.7 Å². The number of rotatable bonds is 5. The summed E-state index contributed by atoms with van der Waals surface area (Å²) >= 11 is 3.61. The number of carboxylic acid groups (broad SMARTS) is 1. The first-order valence-electron chi connectivity index (χ1n) is 13.8. The van der Waals surface area contributed by atoms with Crippen molar-refractivity contribution in [3.63, 3.8) is 0 Å². The van der Waals surface area contributed by atoms with E-state index >= 15 is 0 Å². The number of carbonyl (C=O) groups is 3. The van der Waals surface area contributed by atoms with Crippen molar-refractivity contribution in [2.45, 2.75) is 63.9 Å². The number of carboxylic acids is 1. The van der Waals surface area contributed by atoms with Crippen molar-refractivity contribution in [1.29, 1.82) is 0 Å². The maximum Gasteiger partial charge on any atom is 0.358 e. The first-order chi connectivity index (χ1) is 19.9. The lowest BCUT2D eigenvalue weighted by atomic mass is 9.72. The average molecular weight is 640 g/mol. The van der Waals surface area contributed by atoms with Crippen LogP contribution in [0.5, 0.6) is 5.75 Å². The zero-order valence-electron chi connectivity index (χ0n) is 23.4. The summed E-state index contributed by atoms with van der Waals surface area (Å²) in [5.74, 6) is -2.42. The lowest BCUT2D eigenvalue weighted by Gasteiger charge is -2.29. The molecule has 0 saturated heterocycles. The summed E-state index contributed by atoms with van der Waals surface area (Å²) in [6, 6.07) is 9.20. The van der Waals surface area contributed by atoms with Gasteiger partial charge in [-0.25, -0.2) is 9.78 Å². The maximum atomic E-state index is 13.7. The Morgan fingerprint density at radius 1 is 1.14 bits per heavy atom. The number of aliphatic hydroxyl groups is 1. The van der Waals surface area contributed by atoms with Crippen LogP contribution in [0.4, 0.5) is 5.69 Å². The molecule has 2 amide bonds. The molecule has 12 heteroatoms. The number of anilines is 1. The van der Waals surface area contributed by atoms with Gasteiger partial charge in [-0.15, -0.1) is 0 Å². The van der Waals surface area contributed by atoms with E-state index in [2.05, 4.69) is 36.9 Å². The Bertz CT molecular complexity index is 1620. The van der Waals surface area contributed by atoms with E-state index in [1.807, 2.05) is 38.1 Å². The third kappa shape index (κ3) is 4.18. The number of nitrogens with one attached hydrogen (secondary N) is 3. The number of oxazole rings is 1. The molecule has 0 saturated carbocycles. The molecule has 5 N–H and O–H groups in total. The fourth-order valence-electron chi connectivity index (χ4n) is 6.04. The predicted molar refractivity (Wildman–Crippen MR) is 154 cm³/mol. The minimum Gasteiger partial charge on any atom is -0.476 e. The fourth-order valence-corrected chi connectivity index (χ4v) is 6.52. The molecule has 11 nitrogen and oxygen atoms in total. The molecule has 4 bridgehead atoms. The molecule has 42 heavy (non-hydrogen) atoms. The quantitative estimate of drug-likeness (QED) is 0.281. The number of amides is 2. The van der Waals surface area contributed by atoms with Gasteiger partial charge in [0.15, 0.2) is 17.7 Å². The Hall–Kier alpha value is -3.90. The molecule has 4 heterocycles. The average Bonchev–Trinajstić information content (AvgIpc) is 3.60. The van der Waals surface area contributed by atoms with Gasteiger partial charge in [-0.05, 0) is 45.5 Å². The molecule has 3 aliphatic rings. The summed E-state index contributed by atoms with van der Waals surface area (Å²) in [4.78, 5) is 43.7. The van der Waals surface area contributed by atoms with Crippen LogP contribution in [0, 0.1) is 11.8 Å². The number of halogens is 1. The topological polar surface area (TPSA) is 163 Å². The number of aromatic nitrogens is 1. The summed E-state index contributed by atoms with van der Waals surface area (Å²) in [7, 11) is 0. The number of hydrogen-bond acceptors (Lipinski definition) is 8. The number of aliphatic hydroxyl groups excluding tert-OH is 1. The molecule has 6 rings (SSSR count). The van der Waals surface area contributed by atoms with Crippen molar-refractivity contribution in [3.8, 4) is 5.75 Å². The van der Waals surface area contributed by atoms with Gasteiger partial charge >= 0.3 is 5.97 Å². The van der Waals surface area contributed by atoms with Crippen molar-refractivity contribution >= 4 is 39.4 Å². The van der Waals surface area contributed by atoms with Crippen LogP contribution in [-0.2, 0) is 21.4 Å². The highest BCUT2D eigenvalue weighted by Crippen LogP contribution is 2.59. The van der Waals surface area contributed by atoms with E-state index in [1.165, 1.54) is 0 Å². The highest BCUT2D eigenvalue weighted by atomic mass is 79.9. The molecule has 1 unspecified atom stereocenters. The molecular formula is C30H31BrN4O7. The summed E-state index contributed by atoms with van der Waals surface area (Å²) in [6.07, 6.45) is -1.94. The number of ether oxygens (including phenoxy) is 1. The van der Waals surface area contributed by atoms with Gasteiger partial charge in [-0.2, -0.15) is 0 Å². The molecule has 0 fully saturated rings. The second kappa shape index (κ2) is 10.1. The molecule has 0 aliphatic carbocycles. The number of hydrogen-bond donors (Lipinski definition) is 5. The van der Waals surface area contributed by atoms with Crippen LogP contribution in [0.2, 0.25) is 0 Å². The molecule has 1 aromatic heterocycles. The second-order valence-electron chi connectivity index (χ2n) is 11.7. The number of aromatic carboxylic acids is 1. The van der Waals surface area contributed by atoms with Crippen LogP contribution < -0.4 is 20.7 Å². The number of benzene rings is 2. The van der Waals surface area contributed by atoms with Gasteiger partial charge < -0.3 is 35.3 Å². The molecule has 0 radical (unpaired) electrons. The lowest BCUT2D eigenvalue weighted by Crippen LogP contribution is -2.52. The Labute approximate surface area is 250 Å². The predicted octanol–water partition coefficient (Wildman–Crippen LogP) is 3.48. The molecule has 220 valence electrons. The van der Waals surface area contributed by atoms with E-state index in [1.54, 1.807) is 26.0 Å². The van der Waals surface area contributed by atoms with Crippen molar-refractivity contribution < 1.29 is 33.8 Å². The van der Waals surface area contributed by atoms with Crippen molar-refractivity contribution in [1.82, 2.24) is 15.6 Å². The van der Waals surface area contributed by atoms with Crippen molar-refractivity contribution in [3.05, 3.63) is 74.9 Å². The van der Waals surface area contributed by atoms with E-state index in [4.69, 9.17) is 9.15 Å². The Morgan fingerprint density at radius 2 is 1.90 bits per heavy atom. The highest BCUT2D eigenvalue weighted by molar-refractivity contribution is 9.10. The van der Waals surface area contributed by atoms with Crippen LogP contribution in [0.15, 0.2) is 45.3 Å². The minimum absolute atomic E-state index is 0.0276. The Balaban J connectivity index is 1.60. The van der Waals surface area contributed by atoms with Crippen LogP contribution in [0.25, 0.3) is 0 Å². The number of para-hydroxylation sites is 1. The zero-order chi connectivity index (χ0) is 30.1. The van der Waals surface area contributed by atoms with E-state index in [-0.39, 0.29) is 35.6 Å². The van der Waals surface area contributed by atoms with Gasteiger partial charge in [0, 0.05) is 22.0 Å². The van der Waals surface area contributed by atoms with Gasteiger partial charge in [-0.1, -0.05) is 52.0 Å². The standard InChI is InChI=1S/C30H31BrN4O7/c1-12(2)20-27-34-22(28(39)40)24(42-27)30-15-6-5-7-17(31)21(15)35-29(30)41-19-9-8-14(10-16(19)30)11-18(25(37)33-20)32-26(38)23(36)13(3)4/h5-10,12-13,18,20,23,29,35-36H,11H2,1-4H3,(H,32,38)(H,33,37)(H,39,40)/t18-,20-,23-,29?,30-/m0/s1. The van der Waals surface area contributed by atoms with Crippen LogP contribution in [0.1, 0.15) is 72.6 Å². The Morgan fingerprint density at radius 3 is 2.60 bits per heavy atom. The SMILES string of the molecule is CC(C)[C@H](O)C(=O)N[C@H]1Cc2ccc3c(c2)[C@@]2(c4cccc(Br)c4NC2O3)c2oc(nc2C(=O)O)[C@H](C(C)C)NC1=O.